The Hall–Kier alpha value is -3.56. The number of amides is 1. The number of carboxylic acid groups (broad SMARTS) is 1. The van der Waals surface area contributed by atoms with Gasteiger partial charge < -0.3 is 25.2 Å². The maximum atomic E-state index is 14.0. The summed E-state index contributed by atoms with van der Waals surface area (Å²) in [5.74, 6) is 0.339. The van der Waals surface area contributed by atoms with E-state index in [2.05, 4.69) is 9.97 Å². The van der Waals surface area contributed by atoms with Crippen LogP contribution in [-0.4, -0.2) is 46.3 Å². The highest BCUT2D eigenvalue weighted by molar-refractivity contribution is 6.36. The van der Waals surface area contributed by atoms with Crippen LogP contribution < -0.4 is 15.2 Å². The van der Waals surface area contributed by atoms with Gasteiger partial charge in [0.1, 0.15) is 23.4 Å². The summed E-state index contributed by atoms with van der Waals surface area (Å²) < 4.78 is 25.5. The number of ether oxygens (including phenoxy) is 2. The molecule has 0 spiro atoms. The molecule has 4 rings (SSSR count). The van der Waals surface area contributed by atoms with Gasteiger partial charge in [-0.2, -0.15) is 0 Å². The van der Waals surface area contributed by atoms with Crippen LogP contribution in [0.1, 0.15) is 30.7 Å². The molecule has 2 aromatic heterocycles. The van der Waals surface area contributed by atoms with Gasteiger partial charge in [-0.05, 0) is 43.2 Å². The third kappa shape index (κ3) is 5.17. The van der Waals surface area contributed by atoms with Crippen molar-refractivity contribution in [2.45, 2.75) is 19.4 Å². The summed E-state index contributed by atoms with van der Waals surface area (Å²) in [6.07, 6.45) is 3.95. The fourth-order valence-electron chi connectivity index (χ4n) is 3.93. The number of nitrogens with two attached hydrogens (primary N) is 1. The van der Waals surface area contributed by atoms with E-state index in [0.29, 0.717) is 41.1 Å². The SMILES string of the molecule is COc1cc(-c2cnc(N)c(OC(C)c3c(Cl)ccc(F)c3Cl)c2)cnc1C1=CCN(C(=O)O)CC1. The lowest BCUT2D eigenvalue weighted by molar-refractivity contribution is 0.150. The van der Waals surface area contributed by atoms with Crippen LogP contribution in [0.25, 0.3) is 16.7 Å². The highest BCUT2D eigenvalue weighted by Crippen LogP contribution is 2.38. The topological polar surface area (TPSA) is 111 Å². The van der Waals surface area contributed by atoms with Gasteiger partial charge >= 0.3 is 6.09 Å². The number of pyridine rings is 2. The molecule has 0 saturated heterocycles. The highest BCUT2D eigenvalue weighted by Gasteiger charge is 2.22. The number of anilines is 1. The number of carbonyl (C=O) groups is 1. The average Bonchev–Trinajstić information content (AvgIpc) is 2.87. The second kappa shape index (κ2) is 10.6. The van der Waals surface area contributed by atoms with E-state index in [-0.39, 0.29) is 28.2 Å². The van der Waals surface area contributed by atoms with Gasteiger partial charge in [-0.25, -0.2) is 14.2 Å². The first-order valence-corrected chi connectivity index (χ1v) is 11.7. The Bertz CT molecular complexity index is 1350. The fraction of sp³-hybridized carbons (Fsp3) is 0.240. The Balaban J connectivity index is 1.62. The number of hydrogen-bond donors (Lipinski definition) is 2. The molecule has 3 aromatic rings. The van der Waals surface area contributed by atoms with E-state index >= 15 is 0 Å². The van der Waals surface area contributed by atoms with Crippen molar-refractivity contribution in [3.8, 4) is 22.6 Å². The van der Waals surface area contributed by atoms with Crippen molar-refractivity contribution in [3.05, 3.63) is 69.9 Å². The Morgan fingerprint density at radius 1 is 1.19 bits per heavy atom. The van der Waals surface area contributed by atoms with Crippen molar-refractivity contribution >= 4 is 40.7 Å². The lowest BCUT2D eigenvalue weighted by Gasteiger charge is -2.24. The van der Waals surface area contributed by atoms with Crippen molar-refractivity contribution in [2.75, 3.05) is 25.9 Å². The minimum atomic E-state index is -0.953. The van der Waals surface area contributed by atoms with Crippen LogP contribution in [0, 0.1) is 5.82 Å². The van der Waals surface area contributed by atoms with Gasteiger partial charge in [-0.15, -0.1) is 0 Å². The normalized spacial score (nSPS) is 14.2. The van der Waals surface area contributed by atoms with Crippen molar-refractivity contribution in [1.29, 1.82) is 0 Å². The lowest BCUT2D eigenvalue weighted by atomic mass is 10.0. The van der Waals surface area contributed by atoms with E-state index in [1.54, 1.807) is 32.5 Å². The summed E-state index contributed by atoms with van der Waals surface area (Å²) in [5.41, 5.74) is 9.26. The van der Waals surface area contributed by atoms with Crippen molar-refractivity contribution < 1.29 is 23.8 Å². The standard InChI is InChI=1S/C25H23Cl2FN4O4/c1-13(21-17(26)3-4-18(28)22(21)27)36-20-10-16(12-31-24(20)29)15-9-19(35-2)23(30-11-15)14-5-7-32(8-6-14)25(33)34/h3-5,9-13H,6-8H2,1-2H3,(H2,29,31)(H,33,34). The van der Waals surface area contributed by atoms with Crippen molar-refractivity contribution in [3.63, 3.8) is 0 Å². The Morgan fingerprint density at radius 2 is 1.89 bits per heavy atom. The maximum absolute atomic E-state index is 14.0. The maximum Gasteiger partial charge on any atom is 0.407 e. The van der Waals surface area contributed by atoms with Crippen LogP contribution in [0.3, 0.4) is 0 Å². The fourth-order valence-corrected chi connectivity index (χ4v) is 4.61. The predicted octanol–water partition coefficient (Wildman–Crippen LogP) is 6.09. The van der Waals surface area contributed by atoms with E-state index in [4.69, 9.17) is 43.5 Å². The molecule has 0 aliphatic carbocycles. The summed E-state index contributed by atoms with van der Waals surface area (Å²) in [4.78, 5) is 21.3. The number of halogens is 3. The van der Waals surface area contributed by atoms with E-state index < -0.39 is 18.0 Å². The number of nitrogen functional groups attached to an aromatic ring is 1. The van der Waals surface area contributed by atoms with Gasteiger partial charge in [-0.3, -0.25) is 4.98 Å². The summed E-state index contributed by atoms with van der Waals surface area (Å²) in [7, 11) is 1.54. The van der Waals surface area contributed by atoms with Gasteiger partial charge in [0.15, 0.2) is 11.6 Å². The van der Waals surface area contributed by atoms with Crippen LogP contribution >= 0.6 is 23.2 Å². The molecule has 3 heterocycles. The molecule has 11 heteroatoms. The summed E-state index contributed by atoms with van der Waals surface area (Å²) in [6.45, 7) is 2.35. The second-order valence-electron chi connectivity index (χ2n) is 8.11. The van der Waals surface area contributed by atoms with Gasteiger partial charge in [0.05, 0.1) is 12.1 Å². The van der Waals surface area contributed by atoms with E-state index in [1.807, 2.05) is 12.1 Å². The first-order valence-electron chi connectivity index (χ1n) is 11.0. The van der Waals surface area contributed by atoms with Crippen LogP contribution in [0.5, 0.6) is 11.5 Å². The van der Waals surface area contributed by atoms with Gasteiger partial charge in [0.25, 0.3) is 0 Å². The van der Waals surface area contributed by atoms with Crippen LogP contribution in [0.15, 0.2) is 42.7 Å². The van der Waals surface area contributed by atoms with E-state index in [9.17, 15) is 9.18 Å². The van der Waals surface area contributed by atoms with E-state index in [0.717, 1.165) is 5.57 Å². The van der Waals surface area contributed by atoms with Crippen LogP contribution in [0.4, 0.5) is 15.0 Å². The Morgan fingerprint density at radius 3 is 2.53 bits per heavy atom. The Labute approximate surface area is 217 Å². The first kappa shape index (κ1) is 25.5. The molecule has 36 heavy (non-hydrogen) atoms. The van der Waals surface area contributed by atoms with Crippen molar-refractivity contribution in [2.24, 2.45) is 0 Å². The summed E-state index contributed by atoms with van der Waals surface area (Å²) in [5, 5.41) is 9.31. The molecule has 1 aliphatic rings. The molecule has 1 unspecified atom stereocenters. The summed E-state index contributed by atoms with van der Waals surface area (Å²) >= 11 is 12.3. The van der Waals surface area contributed by atoms with Crippen LogP contribution in [-0.2, 0) is 0 Å². The molecule has 1 aromatic carbocycles. The molecule has 0 fully saturated rings. The second-order valence-corrected chi connectivity index (χ2v) is 8.89. The summed E-state index contributed by atoms with van der Waals surface area (Å²) in [6, 6.07) is 6.11. The molecule has 3 N–H and O–H groups in total. The average molecular weight is 533 g/mol. The van der Waals surface area contributed by atoms with Gasteiger partial charge in [0.2, 0.25) is 0 Å². The number of rotatable bonds is 6. The quantitative estimate of drug-likeness (QED) is 0.369. The number of aromatic nitrogens is 2. The van der Waals surface area contributed by atoms with E-state index in [1.165, 1.54) is 17.0 Å². The number of methoxy groups -OCH3 is 1. The molecule has 0 saturated carbocycles. The lowest BCUT2D eigenvalue weighted by Crippen LogP contribution is -2.33. The molecule has 0 bridgehead atoms. The zero-order valence-electron chi connectivity index (χ0n) is 19.5. The molecule has 188 valence electrons. The third-order valence-electron chi connectivity index (χ3n) is 5.86. The zero-order chi connectivity index (χ0) is 26.0. The molecule has 1 atom stereocenters. The third-order valence-corrected chi connectivity index (χ3v) is 6.57. The molecule has 1 amide bonds. The Kier molecular flexibility index (Phi) is 7.51. The van der Waals surface area contributed by atoms with Crippen molar-refractivity contribution in [1.82, 2.24) is 14.9 Å². The molecule has 0 radical (unpaired) electrons. The molecular formula is C25H23Cl2FN4O4. The number of nitrogens with zero attached hydrogens (tertiary/aromatic N) is 3. The zero-order valence-corrected chi connectivity index (χ0v) is 21.0. The first-order chi connectivity index (χ1) is 17.2. The smallest absolute Gasteiger partial charge is 0.407 e. The highest BCUT2D eigenvalue weighted by atomic mass is 35.5. The minimum absolute atomic E-state index is 0.120. The molecule has 8 nitrogen and oxygen atoms in total. The molecule has 1 aliphatic heterocycles. The molecular weight excluding hydrogens is 510 g/mol. The van der Waals surface area contributed by atoms with Gasteiger partial charge in [0, 0.05) is 47.2 Å². The number of hydrogen-bond acceptors (Lipinski definition) is 6. The van der Waals surface area contributed by atoms with Gasteiger partial charge in [-0.1, -0.05) is 29.3 Å². The van der Waals surface area contributed by atoms with Crippen LogP contribution in [0.2, 0.25) is 10.0 Å². The predicted molar refractivity (Wildman–Crippen MR) is 136 cm³/mol. The number of benzene rings is 1. The monoisotopic (exact) mass is 532 g/mol. The minimum Gasteiger partial charge on any atom is -0.494 e. The largest absolute Gasteiger partial charge is 0.494 e.